The number of carbonyl (C=O) groups is 3. The van der Waals surface area contributed by atoms with E-state index in [2.05, 4.69) is 10.1 Å². The molecule has 0 spiro atoms. The number of esters is 2. The Kier molecular flexibility index (Phi) is 6.91. The van der Waals surface area contributed by atoms with Gasteiger partial charge < -0.3 is 14.8 Å². The highest BCUT2D eigenvalue weighted by Crippen LogP contribution is 2.36. The fourth-order valence-corrected chi connectivity index (χ4v) is 3.50. The molecule has 0 saturated heterocycles. The number of ether oxygens (including phenoxy) is 2. The van der Waals surface area contributed by atoms with E-state index in [1.54, 1.807) is 13.0 Å². The minimum absolute atomic E-state index is 0.0423. The SMILES string of the molecule is CCOC(=O)c1cc([C@H](C)c2ccccc2)sc1NC(=O)CC(=O)OC. The van der Waals surface area contributed by atoms with Gasteiger partial charge in [-0.05, 0) is 18.6 Å². The molecule has 1 N–H and O–H groups in total. The van der Waals surface area contributed by atoms with Crippen molar-refractivity contribution in [2.45, 2.75) is 26.2 Å². The number of thiophene rings is 1. The van der Waals surface area contributed by atoms with E-state index in [-0.39, 0.29) is 18.1 Å². The maximum absolute atomic E-state index is 12.2. The second-order valence-electron chi connectivity index (χ2n) is 5.55. The van der Waals surface area contributed by atoms with Crippen LogP contribution in [0.1, 0.15) is 47.0 Å². The van der Waals surface area contributed by atoms with Gasteiger partial charge in [-0.3, -0.25) is 9.59 Å². The van der Waals surface area contributed by atoms with Gasteiger partial charge in [-0.15, -0.1) is 11.3 Å². The number of anilines is 1. The molecule has 0 fully saturated rings. The van der Waals surface area contributed by atoms with E-state index in [4.69, 9.17) is 4.74 Å². The largest absolute Gasteiger partial charge is 0.469 e. The molecule has 1 amide bonds. The Labute approximate surface area is 156 Å². The number of methoxy groups -OCH3 is 1. The number of benzene rings is 1. The molecule has 26 heavy (non-hydrogen) atoms. The number of rotatable bonds is 7. The second-order valence-corrected chi connectivity index (χ2v) is 6.63. The average Bonchev–Trinajstić information content (AvgIpc) is 3.05. The maximum Gasteiger partial charge on any atom is 0.341 e. The molecule has 0 unspecified atom stereocenters. The number of amides is 1. The molecule has 1 heterocycles. The maximum atomic E-state index is 12.2. The summed E-state index contributed by atoms with van der Waals surface area (Å²) in [5, 5.41) is 2.99. The summed E-state index contributed by atoms with van der Waals surface area (Å²) in [5.74, 6) is -1.65. The molecule has 1 aromatic carbocycles. The van der Waals surface area contributed by atoms with Crippen LogP contribution in [0.15, 0.2) is 36.4 Å². The van der Waals surface area contributed by atoms with E-state index in [9.17, 15) is 14.4 Å². The van der Waals surface area contributed by atoms with Crippen LogP contribution in [0, 0.1) is 0 Å². The summed E-state index contributed by atoms with van der Waals surface area (Å²) in [4.78, 5) is 36.4. The van der Waals surface area contributed by atoms with Crippen molar-refractivity contribution >= 4 is 34.2 Å². The summed E-state index contributed by atoms with van der Waals surface area (Å²) in [5.41, 5.74) is 1.38. The Hall–Kier alpha value is -2.67. The second kappa shape index (κ2) is 9.15. The first-order chi connectivity index (χ1) is 12.5. The third-order valence-corrected chi connectivity index (χ3v) is 4.99. The number of carbonyl (C=O) groups excluding carboxylic acids is 3. The van der Waals surface area contributed by atoms with Crippen LogP contribution in [-0.4, -0.2) is 31.6 Å². The van der Waals surface area contributed by atoms with Crippen LogP contribution in [0.25, 0.3) is 0 Å². The van der Waals surface area contributed by atoms with Crippen molar-refractivity contribution in [3.63, 3.8) is 0 Å². The Morgan fingerprint density at radius 3 is 2.50 bits per heavy atom. The standard InChI is InChI=1S/C19H21NO5S/c1-4-25-19(23)14-10-15(12(2)13-8-6-5-7-9-13)26-18(14)20-16(21)11-17(22)24-3/h5-10,12H,4,11H2,1-3H3,(H,20,21)/t12-/m1/s1. The highest BCUT2D eigenvalue weighted by Gasteiger charge is 2.22. The van der Waals surface area contributed by atoms with Crippen molar-refractivity contribution in [1.29, 1.82) is 0 Å². The zero-order chi connectivity index (χ0) is 19.1. The van der Waals surface area contributed by atoms with E-state index >= 15 is 0 Å². The molecule has 138 valence electrons. The van der Waals surface area contributed by atoms with Crippen molar-refractivity contribution in [1.82, 2.24) is 0 Å². The van der Waals surface area contributed by atoms with Crippen LogP contribution in [0.4, 0.5) is 5.00 Å². The van der Waals surface area contributed by atoms with Crippen LogP contribution in [0.3, 0.4) is 0 Å². The monoisotopic (exact) mass is 375 g/mol. The zero-order valence-corrected chi connectivity index (χ0v) is 15.7. The van der Waals surface area contributed by atoms with Crippen molar-refractivity contribution in [2.75, 3.05) is 19.0 Å². The lowest BCUT2D eigenvalue weighted by Gasteiger charge is -2.09. The van der Waals surface area contributed by atoms with Gasteiger partial charge in [0.15, 0.2) is 0 Å². The quantitative estimate of drug-likeness (QED) is 0.591. The van der Waals surface area contributed by atoms with Crippen LogP contribution in [-0.2, 0) is 19.1 Å². The predicted molar refractivity (Wildman–Crippen MR) is 99.5 cm³/mol. The fourth-order valence-electron chi connectivity index (χ4n) is 2.36. The van der Waals surface area contributed by atoms with Crippen molar-refractivity contribution in [2.24, 2.45) is 0 Å². The van der Waals surface area contributed by atoms with E-state index in [1.807, 2.05) is 37.3 Å². The minimum Gasteiger partial charge on any atom is -0.469 e. The average molecular weight is 375 g/mol. The lowest BCUT2D eigenvalue weighted by atomic mass is 9.99. The van der Waals surface area contributed by atoms with Gasteiger partial charge in [0.25, 0.3) is 0 Å². The van der Waals surface area contributed by atoms with Crippen LogP contribution in [0.2, 0.25) is 0 Å². The first-order valence-electron chi connectivity index (χ1n) is 8.18. The van der Waals surface area contributed by atoms with Gasteiger partial charge in [-0.2, -0.15) is 0 Å². The molecule has 0 saturated carbocycles. The van der Waals surface area contributed by atoms with Gasteiger partial charge in [0, 0.05) is 10.8 Å². The molecule has 0 aliphatic carbocycles. The van der Waals surface area contributed by atoms with Crippen LogP contribution >= 0.6 is 11.3 Å². The fraction of sp³-hybridized carbons (Fsp3) is 0.316. The summed E-state index contributed by atoms with van der Waals surface area (Å²) >= 11 is 1.29. The molecule has 7 heteroatoms. The van der Waals surface area contributed by atoms with Gasteiger partial charge in [0.2, 0.25) is 5.91 Å². The lowest BCUT2D eigenvalue weighted by Crippen LogP contribution is -2.18. The molecule has 0 aliphatic heterocycles. The van der Waals surface area contributed by atoms with Crippen LogP contribution in [0.5, 0.6) is 0 Å². The van der Waals surface area contributed by atoms with Crippen LogP contribution < -0.4 is 5.32 Å². The smallest absolute Gasteiger partial charge is 0.341 e. The molecule has 0 radical (unpaired) electrons. The van der Waals surface area contributed by atoms with Crippen molar-refractivity contribution in [3.8, 4) is 0 Å². The van der Waals surface area contributed by atoms with Gasteiger partial charge >= 0.3 is 11.9 Å². The molecule has 0 bridgehead atoms. The summed E-state index contributed by atoms with van der Waals surface area (Å²) in [6, 6.07) is 11.6. The summed E-state index contributed by atoms with van der Waals surface area (Å²) in [7, 11) is 1.21. The number of hydrogen-bond donors (Lipinski definition) is 1. The molecule has 2 aromatic rings. The Bertz CT molecular complexity index is 784. The molecule has 1 aromatic heterocycles. The number of nitrogens with one attached hydrogen (secondary N) is 1. The Balaban J connectivity index is 2.30. The Morgan fingerprint density at radius 1 is 1.19 bits per heavy atom. The van der Waals surface area contributed by atoms with E-state index in [0.29, 0.717) is 5.00 Å². The molecular formula is C19H21NO5S. The molecular weight excluding hydrogens is 354 g/mol. The van der Waals surface area contributed by atoms with Crippen molar-refractivity contribution in [3.05, 3.63) is 52.4 Å². The van der Waals surface area contributed by atoms with Gasteiger partial charge in [-0.25, -0.2) is 4.79 Å². The molecule has 1 atom stereocenters. The topological polar surface area (TPSA) is 81.7 Å². The first-order valence-corrected chi connectivity index (χ1v) is 9.00. The van der Waals surface area contributed by atoms with E-state index in [0.717, 1.165) is 10.4 Å². The van der Waals surface area contributed by atoms with E-state index < -0.39 is 24.3 Å². The highest BCUT2D eigenvalue weighted by molar-refractivity contribution is 7.16. The Morgan fingerprint density at radius 2 is 1.88 bits per heavy atom. The number of hydrogen-bond acceptors (Lipinski definition) is 6. The van der Waals surface area contributed by atoms with Gasteiger partial charge in [-0.1, -0.05) is 37.3 Å². The van der Waals surface area contributed by atoms with E-state index in [1.165, 1.54) is 18.4 Å². The third-order valence-electron chi connectivity index (χ3n) is 3.76. The minimum atomic E-state index is -0.644. The molecule has 2 rings (SSSR count). The predicted octanol–water partition coefficient (Wildman–Crippen LogP) is 3.58. The first kappa shape index (κ1) is 19.7. The summed E-state index contributed by atoms with van der Waals surface area (Å²) < 4.78 is 9.56. The normalized spacial score (nSPS) is 11.5. The molecule has 0 aliphatic rings. The lowest BCUT2D eigenvalue weighted by molar-refractivity contribution is -0.142. The zero-order valence-electron chi connectivity index (χ0n) is 14.9. The summed E-state index contributed by atoms with van der Waals surface area (Å²) in [6.45, 7) is 3.97. The highest BCUT2D eigenvalue weighted by atomic mass is 32.1. The molecule has 6 nitrogen and oxygen atoms in total. The van der Waals surface area contributed by atoms with Crippen molar-refractivity contribution < 1.29 is 23.9 Å². The van der Waals surface area contributed by atoms with Gasteiger partial charge in [0.05, 0.1) is 19.3 Å². The van der Waals surface area contributed by atoms with Gasteiger partial charge in [0.1, 0.15) is 11.4 Å². The third kappa shape index (κ3) is 4.92. The summed E-state index contributed by atoms with van der Waals surface area (Å²) in [6.07, 6.45) is -0.416.